The SMILES string of the molecule is CC1(COc2c(N3CCN(S(=O)(=O)Cc4cccc(C(=O)N5CCOCC5)c4)CC3)cnn(-c3cccc(Cl)c3)c2=O)CC1. The van der Waals surface area contributed by atoms with Crippen LogP contribution < -0.4 is 15.2 Å². The third-order valence-electron chi connectivity index (χ3n) is 8.43. The highest BCUT2D eigenvalue weighted by atomic mass is 35.5. The maximum atomic E-state index is 13.7. The van der Waals surface area contributed by atoms with Gasteiger partial charge in [-0.2, -0.15) is 14.1 Å². The average Bonchev–Trinajstić information content (AvgIpc) is 3.77. The Balaban J connectivity index is 1.16. The number of halogens is 1. The first-order chi connectivity index (χ1) is 21.1. The molecule has 6 rings (SSSR count). The summed E-state index contributed by atoms with van der Waals surface area (Å²) < 4.78 is 41.1. The predicted octanol–water partition coefficient (Wildman–Crippen LogP) is 3.19. The number of aromatic nitrogens is 2. The van der Waals surface area contributed by atoms with Crippen LogP contribution >= 0.6 is 11.6 Å². The van der Waals surface area contributed by atoms with E-state index in [4.69, 9.17) is 21.1 Å². The molecule has 3 fully saturated rings. The third kappa shape index (κ3) is 6.78. The van der Waals surface area contributed by atoms with E-state index in [0.29, 0.717) is 73.5 Å². The molecular formula is C31H36ClN5O6S. The van der Waals surface area contributed by atoms with Gasteiger partial charge in [-0.1, -0.05) is 36.7 Å². The smallest absolute Gasteiger partial charge is 0.316 e. The molecule has 44 heavy (non-hydrogen) atoms. The van der Waals surface area contributed by atoms with Crippen molar-refractivity contribution in [2.45, 2.75) is 25.5 Å². The van der Waals surface area contributed by atoms with Crippen LogP contribution in [0.15, 0.2) is 59.5 Å². The maximum absolute atomic E-state index is 13.7. The van der Waals surface area contributed by atoms with E-state index in [9.17, 15) is 18.0 Å². The number of morpholine rings is 1. The molecular weight excluding hydrogens is 606 g/mol. The number of anilines is 1. The van der Waals surface area contributed by atoms with Crippen molar-refractivity contribution in [3.05, 3.63) is 81.2 Å². The zero-order valence-corrected chi connectivity index (χ0v) is 26.2. The van der Waals surface area contributed by atoms with Crippen molar-refractivity contribution in [3.8, 4) is 11.4 Å². The molecule has 3 heterocycles. The molecule has 1 amide bonds. The van der Waals surface area contributed by atoms with Crippen LogP contribution in [-0.4, -0.2) is 92.4 Å². The summed E-state index contributed by atoms with van der Waals surface area (Å²) in [5.41, 5.74) is 1.76. The fraction of sp³-hybridized carbons (Fsp3) is 0.452. The molecule has 2 aliphatic heterocycles. The van der Waals surface area contributed by atoms with Crippen molar-refractivity contribution in [3.63, 3.8) is 0 Å². The van der Waals surface area contributed by atoms with Gasteiger partial charge in [-0.15, -0.1) is 0 Å². The van der Waals surface area contributed by atoms with Gasteiger partial charge >= 0.3 is 5.56 Å². The summed E-state index contributed by atoms with van der Waals surface area (Å²) >= 11 is 6.17. The van der Waals surface area contributed by atoms with E-state index >= 15 is 0 Å². The summed E-state index contributed by atoms with van der Waals surface area (Å²) in [5.74, 6) is -0.131. The number of nitrogens with zero attached hydrogens (tertiary/aromatic N) is 5. The molecule has 0 N–H and O–H groups in total. The quantitative estimate of drug-likeness (QED) is 0.350. The number of carbonyl (C=O) groups is 1. The minimum Gasteiger partial charge on any atom is -0.486 e. The number of amides is 1. The van der Waals surface area contributed by atoms with E-state index in [-0.39, 0.29) is 35.9 Å². The average molecular weight is 642 g/mol. The number of hydrogen-bond donors (Lipinski definition) is 0. The van der Waals surface area contributed by atoms with Crippen LogP contribution in [0.3, 0.4) is 0 Å². The van der Waals surface area contributed by atoms with Gasteiger partial charge in [0.15, 0.2) is 0 Å². The first kappa shape index (κ1) is 30.6. The second-order valence-electron chi connectivity index (χ2n) is 11.9. The maximum Gasteiger partial charge on any atom is 0.316 e. The number of piperazine rings is 1. The summed E-state index contributed by atoms with van der Waals surface area (Å²) in [5, 5.41) is 4.91. The summed E-state index contributed by atoms with van der Waals surface area (Å²) in [6, 6.07) is 13.7. The summed E-state index contributed by atoms with van der Waals surface area (Å²) in [6.45, 7) is 5.78. The molecule has 0 bridgehead atoms. The molecule has 0 spiro atoms. The zero-order valence-electron chi connectivity index (χ0n) is 24.7. The zero-order chi connectivity index (χ0) is 30.9. The molecule has 2 aromatic carbocycles. The highest BCUT2D eigenvalue weighted by molar-refractivity contribution is 7.88. The van der Waals surface area contributed by atoms with Gasteiger partial charge in [0.2, 0.25) is 15.8 Å². The molecule has 3 aliphatic rings. The Morgan fingerprint density at radius 3 is 2.45 bits per heavy atom. The summed E-state index contributed by atoms with van der Waals surface area (Å²) in [4.78, 5) is 30.3. The van der Waals surface area contributed by atoms with Gasteiger partial charge in [-0.05, 0) is 48.7 Å². The number of benzene rings is 2. The number of rotatable bonds is 9. The van der Waals surface area contributed by atoms with Gasteiger partial charge in [0.05, 0.1) is 37.5 Å². The predicted molar refractivity (Wildman–Crippen MR) is 167 cm³/mol. The molecule has 0 atom stereocenters. The molecule has 11 nitrogen and oxygen atoms in total. The first-order valence-corrected chi connectivity index (χ1v) is 16.8. The fourth-order valence-corrected chi connectivity index (χ4v) is 7.13. The van der Waals surface area contributed by atoms with Crippen molar-refractivity contribution < 1.29 is 22.7 Å². The van der Waals surface area contributed by atoms with Crippen LogP contribution in [0, 0.1) is 5.41 Å². The van der Waals surface area contributed by atoms with E-state index in [1.54, 1.807) is 59.6 Å². The van der Waals surface area contributed by atoms with E-state index in [1.807, 2.05) is 4.90 Å². The van der Waals surface area contributed by atoms with E-state index in [0.717, 1.165) is 12.8 Å². The lowest BCUT2D eigenvalue weighted by Gasteiger charge is -2.35. The summed E-state index contributed by atoms with van der Waals surface area (Å²) in [7, 11) is -3.66. The molecule has 1 aliphatic carbocycles. The Bertz CT molecular complexity index is 1700. The molecule has 1 saturated carbocycles. The lowest BCUT2D eigenvalue weighted by Crippen LogP contribution is -2.49. The van der Waals surface area contributed by atoms with Crippen LogP contribution in [0.4, 0.5) is 5.69 Å². The van der Waals surface area contributed by atoms with E-state index in [2.05, 4.69) is 12.0 Å². The van der Waals surface area contributed by atoms with Crippen molar-refractivity contribution in [1.82, 2.24) is 19.0 Å². The van der Waals surface area contributed by atoms with E-state index in [1.165, 1.54) is 8.99 Å². The van der Waals surface area contributed by atoms with Crippen molar-refractivity contribution in [1.29, 1.82) is 0 Å². The van der Waals surface area contributed by atoms with Gasteiger partial charge in [-0.25, -0.2) is 8.42 Å². The first-order valence-electron chi connectivity index (χ1n) is 14.8. The highest BCUT2D eigenvalue weighted by Crippen LogP contribution is 2.45. The van der Waals surface area contributed by atoms with Crippen molar-refractivity contribution in [2.24, 2.45) is 5.41 Å². The molecule has 2 saturated heterocycles. The van der Waals surface area contributed by atoms with Crippen LogP contribution in [0.2, 0.25) is 5.02 Å². The lowest BCUT2D eigenvalue weighted by molar-refractivity contribution is 0.0303. The van der Waals surface area contributed by atoms with Crippen LogP contribution in [0.1, 0.15) is 35.7 Å². The van der Waals surface area contributed by atoms with E-state index < -0.39 is 15.6 Å². The minimum atomic E-state index is -3.66. The Morgan fingerprint density at radius 2 is 1.75 bits per heavy atom. The minimum absolute atomic E-state index is 0.0464. The Hall–Kier alpha value is -3.45. The monoisotopic (exact) mass is 641 g/mol. The van der Waals surface area contributed by atoms with Crippen LogP contribution in [0.25, 0.3) is 5.69 Å². The van der Waals surface area contributed by atoms with Gasteiger partial charge in [0, 0.05) is 55.3 Å². The standard InChI is InChI=1S/C31H36ClN5O6S/c1-31(8-9-31)22-43-28-27(20-33-37(30(28)39)26-7-3-6-25(32)19-26)34-10-12-36(13-11-34)44(40,41)21-23-4-2-5-24(18-23)29(38)35-14-16-42-17-15-35/h2-7,18-20H,8-17,21-22H2,1H3. The Morgan fingerprint density at radius 1 is 1.02 bits per heavy atom. The number of sulfonamides is 1. The lowest BCUT2D eigenvalue weighted by atomic mass is 10.1. The van der Waals surface area contributed by atoms with Crippen LogP contribution in [0.5, 0.6) is 5.75 Å². The van der Waals surface area contributed by atoms with Crippen molar-refractivity contribution >= 4 is 33.2 Å². The molecule has 234 valence electrons. The molecule has 3 aromatic rings. The van der Waals surface area contributed by atoms with Gasteiger partial charge in [-0.3, -0.25) is 9.59 Å². The number of carbonyl (C=O) groups excluding carboxylic acids is 1. The second-order valence-corrected chi connectivity index (χ2v) is 14.3. The fourth-order valence-electron chi connectivity index (χ4n) is 5.44. The van der Waals surface area contributed by atoms with Gasteiger partial charge in [0.1, 0.15) is 5.69 Å². The molecule has 1 aromatic heterocycles. The Labute approximate surface area is 262 Å². The highest BCUT2D eigenvalue weighted by Gasteiger charge is 2.39. The van der Waals surface area contributed by atoms with Gasteiger partial charge < -0.3 is 19.3 Å². The second kappa shape index (κ2) is 12.5. The number of hydrogen-bond acceptors (Lipinski definition) is 8. The normalized spacial score (nSPS) is 18.7. The largest absolute Gasteiger partial charge is 0.486 e. The molecule has 13 heteroatoms. The summed E-state index contributed by atoms with van der Waals surface area (Å²) in [6.07, 6.45) is 3.68. The third-order valence-corrected chi connectivity index (χ3v) is 10.5. The van der Waals surface area contributed by atoms with Crippen LogP contribution in [-0.2, 0) is 20.5 Å². The van der Waals surface area contributed by atoms with Gasteiger partial charge in [0.25, 0.3) is 5.91 Å². The molecule has 0 unspecified atom stereocenters. The Kier molecular flexibility index (Phi) is 8.69. The number of ether oxygens (including phenoxy) is 2. The molecule has 0 radical (unpaired) electrons. The topological polar surface area (TPSA) is 114 Å². The van der Waals surface area contributed by atoms with Crippen molar-refractivity contribution in [2.75, 3.05) is 64.0 Å².